The van der Waals surface area contributed by atoms with Gasteiger partial charge in [0.15, 0.2) is 0 Å². The zero-order valence-corrected chi connectivity index (χ0v) is 12.1. The van der Waals surface area contributed by atoms with Gasteiger partial charge in [-0.1, -0.05) is 41.5 Å². The maximum Gasteiger partial charge on any atom is 0.224 e. The van der Waals surface area contributed by atoms with Gasteiger partial charge in [-0.2, -0.15) is 0 Å². The lowest BCUT2D eigenvalue weighted by Gasteiger charge is -2.29. The molecule has 0 aliphatic rings. The average Bonchev–Trinajstić information content (AvgIpc) is 2.14. The molecular formula is C14H29NO. The van der Waals surface area contributed by atoms with Crippen LogP contribution < -0.4 is 0 Å². The second-order valence-corrected chi connectivity index (χ2v) is 6.01. The fourth-order valence-electron chi connectivity index (χ4n) is 2.05. The summed E-state index contributed by atoms with van der Waals surface area (Å²) in [6.07, 6.45) is 1.20. The third-order valence-electron chi connectivity index (χ3n) is 3.10. The summed E-state index contributed by atoms with van der Waals surface area (Å²) in [5, 5.41) is 0. The summed E-state index contributed by atoms with van der Waals surface area (Å²) >= 11 is 0. The minimum Gasteiger partial charge on any atom is -0.345 e. The number of carbonyl (C=O) groups is 1. The van der Waals surface area contributed by atoms with Gasteiger partial charge in [-0.05, 0) is 24.2 Å². The number of amides is 1. The van der Waals surface area contributed by atoms with Gasteiger partial charge in [-0.15, -0.1) is 0 Å². The van der Waals surface area contributed by atoms with Gasteiger partial charge in [0.1, 0.15) is 0 Å². The SMILES string of the molecule is CC(C)CC(CN(C)C(=O)C(C)C)C(C)C. The van der Waals surface area contributed by atoms with Crippen molar-refractivity contribution in [1.82, 2.24) is 4.90 Å². The van der Waals surface area contributed by atoms with Crippen molar-refractivity contribution in [3.05, 3.63) is 0 Å². The quantitative estimate of drug-likeness (QED) is 0.681. The average molecular weight is 227 g/mol. The first-order chi connectivity index (χ1) is 7.25. The van der Waals surface area contributed by atoms with Gasteiger partial charge in [-0.25, -0.2) is 0 Å². The Kier molecular flexibility index (Phi) is 6.70. The molecule has 0 fully saturated rings. The van der Waals surface area contributed by atoms with Crippen LogP contribution in [0.25, 0.3) is 0 Å². The van der Waals surface area contributed by atoms with Gasteiger partial charge in [0.05, 0.1) is 0 Å². The van der Waals surface area contributed by atoms with Crippen molar-refractivity contribution in [3.8, 4) is 0 Å². The molecule has 2 heteroatoms. The number of rotatable bonds is 6. The highest BCUT2D eigenvalue weighted by Crippen LogP contribution is 2.21. The first-order valence-corrected chi connectivity index (χ1v) is 6.50. The molecule has 0 aliphatic heterocycles. The van der Waals surface area contributed by atoms with Crippen LogP contribution in [0, 0.1) is 23.7 Å². The Morgan fingerprint density at radius 1 is 1.06 bits per heavy atom. The molecule has 0 bridgehead atoms. The Balaban J connectivity index is 4.34. The van der Waals surface area contributed by atoms with Gasteiger partial charge >= 0.3 is 0 Å². The number of hydrogen-bond acceptors (Lipinski definition) is 1. The van der Waals surface area contributed by atoms with Crippen LogP contribution >= 0.6 is 0 Å². The van der Waals surface area contributed by atoms with E-state index in [-0.39, 0.29) is 11.8 Å². The molecule has 0 rings (SSSR count). The number of carbonyl (C=O) groups excluding carboxylic acids is 1. The predicted molar refractivity (Wildman–Crippen MR) is 70.3 cm³/mol. The molecule has 1 amide bonds. The van der Waals surface area contributed by atoms with E-state index in [2.05, 4.69) is 27.7 Å². The van der Waals surface area contributed by atoms with Crippen molar-refractivity contribution in [3.63, 3.8) is 0 Å². The summed E-state index contributed by atoms with van der Waals surface area (Å²) in [5.74, 6) is 2.33. The summed E-state index contributed by atoms with van der Waals surface area (Å²) in [5.41, 5.74) is 0. The third-order valence-corrected chi connectivity index (χ3v) is 3.10. The maximum absolute atomic E-state index is 11.8. The lowest BCUT2D eigenvalue weighted by atomic mass is 9.87. The monoisotopic (exact) mass is 227 g/mol. The number of nitrogens with zero attached hydrogens (tertiary/aromatic N) is 1. The topological polar surface area (TPSA) is 20.3 Å². The summed E-state index contributed by atoms with van der Waals surface area (Å²) in [6.45, 7) is 13.8. The van der Waals surface area contributed by atoms with Crippen LogP contribution in [0.4, 0.5) is 0 Å². The summed E-state index contributed by atoms with van der Waals surface area (Å²) in [4.78, 5) is 13.7. The Bertz CT molecular complexity index is 209. The predicted octanol–water partition coefficient (Wildman–Crippen LogP) is 3.42. The molecule has 0 saturated heterocycles. The minimum atomic E-state index is 0.108. The molecule has 0 aromatic heterocycles. The maximum atomic E-state index is 11.8. The summed E-state index contributed by atoms with van der Waals surface area (Å²) in [7, 11) is 1.93. The van der Waals surface area contributed by atoms with Crippen molar-refractivity contribution in [1.29, 1.82) is 0 Å². The van der Waals surface area contributed by atoms with Crippen molar-refractivity contribution in [2.24, 2.45) is 23.7 Å². The summed E-state index contributed by atoms with van der Waals surface area (Å²) in [6, 6.07) is 0. The van der Waals surface area contributed by atoms with Gasteiger partial charge in [0, 0.05) is 19.5 Å². The number of hydrogen-bond donors (Lipinski definition) is 0. The molecule has 0 aromatic rings. The molecule has 1 atom stereocenters. The molecule has 0 aromatic carbocycles. The highest BCUT2D eigenvalue weighted by molar-refractivity contribution is 5.77. The Morgan fingerprint density at radius 2 is 1.56 bits per heavy atom. The van der Waals surface area contributed by atoms with Crippen LogP contribution in [-0.4, -0.2) is 24.4 Å². The van der Waals surface area contributed by atoms with Crippen molar-refractivity contribution in [2.75, 3.05) is 13.6 Å². The molecule has 0 aliphatic carbocycles. The van der Waals surface area contributed by atoms with E-state index in [4.69, 9.17) is 0 Å². The minimum absolute atomic E-state index is 0.108. The fraction of sp³-hybridized carbons (Fsp3) is 0.929. The van der Waals surface area contributed by atoms with E-state index < -0.39 is 0 Å². The van der Waals surface area contributed by atoms with Crippen molar-refractivity contribution >= 4 is 5.91 Å². The van der Waals surface area contributed by atoms with E-state index in [1.165, 1.54) is 6.42 Å². The zero-order chi connectivity index (χ0) is 12.9. The van der Waals surface area contributed by atoms with Gasteiger partial charge in [0.2, 0.25) is 5.91 Å². The van der Waals surface area contributed by atoms with Crippen LogP contribution in [0.1, 0.15) is 48.0 Å². The fourth-order valence-corrected chi connectivity index (χ4v) is 2.05. The second kappa shape index (κ2) is 6.93. The van der Waals surface area contributed by atoms with Crippen LogP contribution in [0.2, 0.25) is 0 Å². The van der Waals surface area contributed by atoms with Gasteiger partial charge < -0.3 is 4.90 Å². The van der Waals surface area contributed by atoms with Crippen LogP contribution in [0.3, 0.4) is 0 Å². The van der Waals surface area contributed by atoms with Crippen LogP contribution in [0.5, 0.6) is 0 Å². The van der Waals surface area contributed by atoms with Crippen LogP contribution in [0.15, 0.2) is 0 Å². The van der Waals surface area contributed by atoms with E-state index >= 15 is 0 Å². The Labute approximate surface area is 101 Å². The molecule has 16 heavy (non-hydrogen) atoms. The van der Waals surface area contributed by atoms with E-state index in [1.54, 1.807) is 0 Å². The molecule has 0 radical (unpaired) electrons. The highest BCUT2D eigenvalue weighted by Gasteiger charge is 2.20. The molecule has 1 unspecified atom stereocenters. The first kappa shape index (κ1) is 15.5. The molecule has 0 N–H and O–H groups in total. The molecule has 0 spiro atoms. The van der Waals surface area contributed by atoms with Crippen molar-refractivity contribution in [2.45, 2.75) is 48.0 Å². The molecule has 0 heterocycles. The van der Waals surface area contributed by atoms with Gasteiger partial charge in [0.25, 0.3) is 0 Å². The Morgan fingerprint density at radius 3 is 1.88 bits per heavy atom. The van der Waals surface area contributed by atoms with E-state index in [0.29, 0.717) is 17.8 Å². The standard InChI is InChI=1S/C14H29NO/c1-10(2)8-13(11(3)4)9-15(7)14(16)12(5)6/h10-13H,8-9H2,1-7H3. The molecular weight excluding hydrogens is 198 g/mol. The van der Waals surface area contributed by atoms with E-state index in [1.807, 2.05) is 25.8 Å². The molecule has 96 valence electrons. The van der Waals surface area contributed by atoms with E-state index in [0.717, 1.165) is 6.54 Å². The third kappa shape index (κ3) is 5.53. The van der Waals surface area contributed by atoms with E-state index in [9.17, 15) is 4.79 Å². The van der Waals surface area contributed by atoms with Crippen LogP contribution in [-0.2, 0) is 4.79 Å². The lowest BCUT2D eigenvalue weighted by molar-refractivity contribution is -0.133. The summed E-state index contributed by atoms with van der Waals surface area (Å²) < 4.78 is 0. The highest BCUT2D eigenvalue weighted by atomic mass is 16.2. The smallest absolute Gasteiger partial charge is 0.224 e. The largest absolute Gasteiger partial charge is 0.345 e. The molecule has 0 saturated carbocycles. The first-order valence-electron chi connectivity index (χ1n) is 6.50. The Hall–Kier alpha value is -0.530. The molecule has 2 nitrogen and oxygen atoms in total. The van der Waals surface area contributed by atoms with Gasteiger partial charge in [-0.3, -0.25) is 4.79 Å². The second-order valence-electron chi connectivity index (χ2n) is 6.01. The lowest BCUT2D eigenvalue weighted by Crippen LogP contribution is -2.36. The zero-order valence-electron chi connectivity index (χ0n) is 12.1. The normalized spacial score (nSPS) is 13.6. The van der Waals surface area contributed by atoms with Crippen molar-refractivity contribution < 1.29 is 4.79 Å².